The normalized spacial score (nSPS) is 12.7. The predicted octanol–water partition coefficient (Wildman–Crippen LogP) is 10.3. The molecule has 0 saturated heterocycles. The van der Waals surface area contributed by atoms with Crippen LogP contribution in [0.2, 0.25) is 0 Å². The molecule has 3 heterocycles. The summed E-state index contributed by atoms with van der Waals surface area (Å²) in [5.74, 6) is 0.655. The zero-order valence-electron chi connectivity index (χ0n) is 21.3. The Hall–Kier alpha value is -2.75. The first-order valence-electron chi connectivity index (χ1n) is 12.5. The van der Waals surface area contributed by atoms with Crippen LogP contribution in [0.25, 0.3) is 52.3 Å². The highest BCUT2D eigenvalue weighted by molar-refractivity contribution is 7.28. The van der Waals surface area contributed by atoms with Crippen LogP contribution in [0.3, 0.4) is 0 Å². The van der Waals surface area contributed by atoms with E-state index in [0.29, 0.717) is 5.92 Å². The minimum absolute atomic E-state index is 0.0527. The van der Waals surface area contributed by atoms with E-state index in [9.17, 15) is 0 Å². The first kappa shape index (κ1) is 22.7. The molecule has 0 spiro atoms. The lowest BCUT2D eigenvalue weighted by atomic mass is 9.82. The minimum atomic E-state index is 0.0527. The number of nitrogens with zero attached hydrogens (tertiary/aromatic N) is 1. The maximum absolute atomic E-state index is 4.96. The lowest BCUT2D eigenvalue weighted by Crippen LogP contribution is -2.12. The van der Waals surface area contributed by atoms with Gasteiger partial charge < -0.3 is 0 Å². The van der Waals surface area contributed by atoms with Gasteiger partial charge in [0, 0.05) is 36.8 Å². The fourth-order valence-corrected chi connectivity index (χ4v) is 7.97. The van der Waals surface area contributed by atoms with Crippen LogP contribution >= 0.6 is 22.7 Å². The van der Waals surface area contributed by atoms with E-state index in [1.165, 1.54) is 62.6 Å². The molecule has 0 amide bonds. The number of hydrogen-bond donors (Lipinski definition) is 0. The Labute approximate surface area is 215 Å². The minimum Gasteiger partial charge on any atom is -0.255 e. The van der Waals surface area contributed by atoms with Crippen molar-refractivity contribution in [3.8, 4) is 11.3 Å². The molecule has 3 heteroatoms. The molecule has 0 atom stereocenters. The van der Waals surface area contributed by atoms with Gasteiger partial charge in [-0.1, -0.05) is 65.0 Å². The average molecular weight is 494 g/mol. The highest BCUT2D eigenvalue weighted by atomic mass is 32.1. The summed E-state index contributed by atoms with van der Waals surface area (Å²) < 4.78 is 4.09. The molecule has 6 aromatic rings. The molecule has 6 rings (SSSR count). The van der Waals surface area contributed by atoms with Gasteiger partial charge in [-0.05, 0) is 76.2 Å². The zero-order valence-corrected chi connectivity index (χ0v) is 23.0. The van der Waals surface area contributed by atoms with Crippen LogP contribution in [-0.4, -0.2) is 4.98 Å². The van der Waals surface area contributed by atoms with Crippen LogP contribution in [0.4, 0.5) is 0 Å². The van der Waals surface area contributed by atoms with Crippen molar-refractivity contribution in [3.05, 3.63) is 76.8 Å². The summed E-state index contributed by atoms with van der Waals surface area (Å²) in [4.78, 5) is 6.42. The molecule has 0 unspecified atom stereocenters. The van der Waals surface area contributed by atoms with Gasteiger partial charge in [0.2, 0.25) is 0 Å². The van der Waals surface area contributed by atoms with Crippen molar-refractivity contribution in [2.45, 2.75) is 53.4 Å². The Balaban J connectivity index is 1.65. The lowest BCUT2D eigenvalue weighted by molar-refractivity contribution is 0.596. The van der Waals surface area contributed by atoms with Crippen molar-refractivity contribution in [1.29, 1.82) is 0 Å². The fraction of sp³-hybridized carbons (Fsp3) is 0.281. The van der Waals surface area contributed by atoms with Crippen LogP contribution in [0, 0.1) is 12.8 Å². The van der Waals surface area contributed by atoms with E-state index in [0.717, 1.165) is 12.1 Å². The summed E-state index contributed by atoms with van der Waals surface area (Å²) in [5.41, 5.74) is 5.27. The van der Waals surface area contributed by atoms with Gasteiger partial charge in [0.25, 0.3) is 0 Å². The predicted molar refractivity (Wildman–Crippen MR) is 157 cm³/mol. The monoisotopic (exact) mass is 493 g/mol. The Bertz CT molecular complexity index is 1740. The highest BCUT2D eigenvalue weighted by Crippen LogP contribution is 2.46. The molecule has 0 aliphatic rings. The van der Waals surface area contributed by atoms with Gasteiger partial charge in [0.15, 0.2) is 0 Å². The molecule has 1 nitrogen and oxygen atoms in total. The van der Waals surface area contributed by atoms with Crippen molar-refractivity contribution in [2.75, 3.05) is 0 Å². The van der Waals surface area contributed by atoms with Crippen molar-refractivity contribution in [3.63, 3.8) is 0 Å². The fourth-order valence-electron chi connectivity index (χ4n) is 5.45. The van der Waals surface area contributed by atoms with Crippen LogP contribution < -0.4 is 0 Å². The molecule has 0 aliphatic carbocycles. The molecule has 176 valence electrons. The molecule has 0 N–H and O–H groups in total. The number of rotatable bonds is 3. The third-order valence-corrected chi connectivity index (χ3v) is 9.42. The summed E-state index contributed by atoms with van der Waals surface area (Å²) in [6.45, 7) is 13.8. The summed E-state index contributed by atoms with van der Waals surface area (Å²) >= 11 is 3.86. The Morgan fingerprint density at radius 3 is 2.43 bits per heavy atom. The van der Waals surface area contributed by atoms with E-state index in [2.05, 4.69) is 96.1 Å². The van der Waals surface area contributed by atoms with E-state index >= 15 is 0 Å². The van der Waals surface area contributed by atoms with Crippen molar-refractivity contribution in [2.24, 2.45) is 5.92 Å². The number of thiophene rings is 2. The smallest absolute Gasteiger partial charge is 0.0880 e. The SMILES string of the molecule is Cc1sc2c(ccc3sc4c(-c5cc(C(C)(C)C)c6ccccc6c5)nccc4c32)c1CC(C)C. The van der Waals surface area contributed by atoms with Crippen molar-refractivity contribution >= 4 is 63.7 Å². The molecule has 3 aromatic heterocycles. The number of hydrogen-bond acceptors (Lipinski definition) is 3. The van der Waals surface area contributed by atoms with E-state index < -0.39 is 0 Å². The first-order valence-corrected chi connectivity index (χ1v) is 14.1. The molecule has 3 aromatic carbocycles. The number of pyridine rings is 1. The topological polar surface area (TPSA) is 12.9 Å². The molecule has 0 aliphatic heterocycles. The average Bonchev–Trinajstić information content (AvgIpc) is 3.34. The summed E-state index contributed by atoms with van der Waals surface area (Å²) in [5, 5.41) is 6.80. The molecule has 0 radical (unpaired) electrons. The molecule has 0 saturated carbocycles. The largest absolute Gasteiger partial charge is 0.255 e. The van der Waals surface area contributed by atoms with Gasteiger partial charge in [-0.25, -0.2) is 0 Å². The number of aromatic nitrogens is 1. The summed E-state index contributed by atoms with van der Waals surface area (Å²) in [6, 6.07) is 20.4. The number of fused-ring (bicyclic) bond motifs is 6. The molecule has 0 bridgehead atoms. The van der Waals surface area contributed by atoms with Gasteiger partial charge in [-0.15, -0.1) is 22.7 Å². The molecular formula is C32H31NS2. The Morgan fingerprint density at radius 2 is 1.66 bits per heavy atom. The van der Waals surface area contributed by atoms with Gasteiger partial charge in [-0.3, -0.25) is 4.98 Å². The lowest BCUT2D eigenvalue weighted by Gasteiger charge is -2.22. The highest BCUT2D eigenvalue weighted by Gasteiger charge is 2.21. The summed E-state index contributed by atoms with van der Waals surface area (Å²) in [6.07, 6.45) is 3.14. The summed E-state index contributed by atoms with van der Waals surface area (Å²) in [7, 11) is 0. The van der Waals surface area contributed by atoms with E-state index in [4.69, 9.17) is 4.98 Å². The standard InChI is InChI=1S/C32H31NS2/c1-18(2)15-25-19(3)34-30-23(25)11-12-27-28(30)24-13-14-33-29(31(24)35-27)21-16-20-9-7-8-10-22(20)26(17-21)32(4,5)6/h7-14,16-18H,15H2,1-6H3. The van der Waals surface area contributed by atoms with Gasteiger partial charge in [0.05, 0.1) is 10.4 Å². The number of aryl methyl sites for hydroxylation is 1. The maximum atomic E-state index is 4.96. The molecule has 0 fully saturated rings. The van der Waals surface area contributed by atoms with Gasteiger partial charge >= 0.3 is 0 Å². The first-order chi connectivity index (χ1) is 16.7. The van der Waals surface area contributed by atoms with Crippen molar-refractivity contribution < 1.29 is 0 Å². The van der Waals surface area contributed by atoms with Crippen LogP contribution in [-0.2, 0) is 11.8 Å². The maximum Gasteiger partial charge on any atom is 0.0880 e. The Kier molecular flexibility index (Phi) is 5.28. The second-order valence-corrected chi connectivity index (χ2v) is 13.5. The molecular weight excluding hydrogens is 462 g/mol. The second kappa shape index (κ2) is 8.15. The van der Waals surface area contributed by atoms with Gasteiger partial charge in [-0.2, -0.15) is 0 Å². The van der Waals surface area contributed by atoms with Crippen LogP contribution in [0.15, 0.2) is 60.8 Å². The van der Waals surface area contributed by atoms with E-state index in [1.54, 1.807) is 0 Å². The quantitative estimate of drug-likeness (QED) is 0.239. The van der Waals surface area contributed by atoms with Crippen molar-refractivity contribution in [1.82, 2.24) is 4.98 Å². The zero-order chi connectivity index (χ0) is 24.5. The van der Waals surface area contributed by atoms with E-state index in [-0.39, 0.29) is 5.41 Å². The van der Waals surface area contributed by atoms with Gasteiger partial charge in [0.1, 0.15) is 0 Å². The van der Waals surface area contributed by atoms with Crippen LogP contribution in [0.5, 0.6) is 0 Å². The second-order valence-electron chi connectivity index (χ2n) is 11.2. The van der Waals surface area contributed by atoms with Crippen LogP contribution in [0.1, 0.15) is 50.6 Å². The Morgan fingerprint density at radius 1 is 0.857 bits per heavy atom. The third-order valence-electron chi connectivity index (χ3n) is 7.07. The third kappa shape index (κ3) is 3.68. The molecule has 35 heavy (non-hydrogen) atoms. The van der Waals surface area contributed by atoms with E-state index in [1.807, 2.05) is 28.9 Å². The number of benzene rings is 3.